The molecule has 0 radical (unpaired) electrons. The summed E-state index contributed by atoms with van der Waals surface area (Å²) in [6.07, 6.45) is 10.8. The van der Waals surface area contributed by atoms with Crippen molar-refractivity contribution in [3.8, 4) is 56.4 Å². The van der Waals surface area contributed by atoms with Crippen molar-refractivity contribution in [2.75, 3.05) is 0 Å². The lowest BCUT2D eigenvalue weighted by Crippen LogP contribution is -2.41. The maximum atomic E-state index is 6.27. The minimum absolute atomic E-state index is 0.360. The Balaban J connectivity index is 0.000000146. The van der Waals surface area contributed by atoms with Gasteiger partial charge < -0.3 is 27.9 Å². The fourth-order valence-corrected chi connectivity index (χ4v) is 8.96. The first kappa shape index (κ1) is 54.6. The minimum atomic E-state index is -0.476. The normalized spacial score (nSPS) is 19.0. The van der Waals surface area contributed by atoms with Crippen LogP contribution in [0.2, 0.25) is 0 Å². The van der Waals surface area contributed by atoms with E-state index in [1.165, 1.54) is 0 Å². The van der Waals surface area contributed by atoms with E-state index in [1.807, 2.05) is 183 Å². The number of nitrogens with zero attached hydrogens (tertiary/aromatic N) is 4. The average Bonchev–Trinajstić information content (AvgIpc) is 3.89. The SMILES string of the molecule is Brc1cccc(-c2cc(-c3ccccc3)nc(C3=CC=[C+]C=C3)n2)c1.CC1(C)OB(B2OC(C)(C)C(C)(C)O2)OC1(C)C.CC1(C)OB(c2cccc(-c3cc(-c4ccccc4)nc(-c4ccccc4)n3)c2)OC1(C)C. The second-order valence-electron chi connectivity index (χ2n) is 22.3. The lowest BCUT2D eigenvalue weighted by atomic mass is 9.49. The van der Waals surface area contributed by atoms with E-state index in [1.54, 1.807) is 0 Å². The summed E-state index contributed by atoms with van der Waals surface area (Å²) in [6.45, 7) is 24.5. The quantitative estimate of drug-likeness (QED) is 0.108. The van der Waals surface area contributed by atoms with E-state index in [-0.39, 0.29) is 33.6 Å². The van der Waals surface area contributed by atoms with Gasteiger partial charge in [0.1, 0.15) is 17.7 Å². The fourth-order valence-electron chi connectivity index (χ4n) is 8.56. The molecule has 0 saturated carbocycles. The molecule has 1 aliphatic carbocycles. The highest BCUT2D eigenvalue weighted by Crippen LogP contribution is 2.43. The summed E-state index contributed by atoms with van der Waals surface area (Å²) in [5, 5.41) is 0. The molecular formula is C62H65B3BrN4O6+. The Kier molecular flexibility index (Phi) is 15.6. The van der Waals surface area contributed by atoms with E-state index in [0.29, 0.717) is 11.6 Å². The summed E-state index contributed by atoms with van der Waals surface area (Å²) >= 11 is 3.54. The number of aromatic nitrogens is 4. The molecule has 4 aliphatic rings. The topological polar surface area (TPSA) is 107 Å². The minimum Gasteiger partial charge on any atom is -0.405 e. The maximum absolute atomic E-state index is 6.27. The van der Waals surface area contributed by atoms with Gasteiger partial charge in [-0.05, 0) is 118 Å². The molecule has 0 unspecified atom stereocenters. The number of hydrogen-bond acceptors (Lipinski definition) is 10. The molecule has 384 valence electrons. The lowest BCUT2D eigenvalue weighted by molar-refractivity contribution is 0.00578. The molecule has 3 aliphatic heterocycles. The Morgan fingerprint density at radius 3 is 1.21 bits per heavy atom. The molecule has 2 aromatic heterocycles. The van der Waals surface area contributed by atoms with Gasteiger partial charge in [0.25, 0.3) is 0 Å². The van der Waals surface area contributed by atoms with E-state index in [2.05, 4.69) is 98.2 Å². The monoisotopic (exact) mass is 1070 g/mol. The van der Waals surface area contributed by atoms with Crippen molar-refractivity contribution >= 4 is 48.1 Å². The summed E-state index contributed by atoms with van der Waals surface area (Å²) < 4.78 is 37.4. The van der Waals surface area contributed by atoms with Crippen molar-refractivity contribution in [2.24, 2.45) is 0 Å². The predicted molar refractivity (Wildman–Crippen MR) is 312 cm³/mol. The van der Waals surface area contributed by atoms with Gasteiger partial charge in [0.15, 0.2) is 11.6 Å². The second-order valence-corrected chi connectivity index (χ2v) is 23.2. The van der Waals surface area contributed by atoms with Crippen LogP contribution in [0, 0.1) is 6.08 Å². The Bertz CT molecular complexity index is 3140. The van der Waals surface area contributed by atoms with Crippen LogP contribution in [-0.4, -0.2) is 74.7 Å². The van der Waals surface area contributed by atoms with Gasteiger partial charge in [0.2, 0.25) is 0 Å². The Morgan fingerprint density at radius 1 is 0.395 bits per heavy atom. The number of allylic oxidation sites excluding steroid dienone is 6. The van der Waals surface area contributed by atoms with Crippen LogP contribution >= 0.6 is 15.9 Å². The molecule has 3 saturated heterocycles. The van der Waals surface area contributed by atoms with Crippen LogP contribution < -0.4 is 5.46 Å². The Morgan fingerprint density at radius 2 is 0.776 bits per heavy atom. The molecule has 11 rings (SSSR count). The lowest BCUT2D eigenvalue weighted by Gasteiger charge is -2.32. The summed E-state index contributed by atoms with van der Waals surface area (Å²) in [5.74, 6) is 1.42. The average molecular weight is 1070 g/mol. The smallest absolute Gasteiger partial charge is 0.405 e. The summed E-state index contributed by atoms with van der Waals surface area (Å²) in [5.41, 5.74) is 8.48. The van der Waals surface area contributed by atoms with Crippen LogP contribution in [0.25, 0.3) is 62.0 Å². The molecule has 76 heavy (non-hydrogen) atoms. The van der Waals surface area contributed by atoms with Crippen LogP contribution in [0.5, 0.6) is 0 Å². The first-order chi connectivity index (χ1) is 36.0. The highest BCUT2D eigenvalue weighted by molar-refractivity contribution is 9.10. The van der Waals surface area contributed by atoms with Crippen LogP contribution in [0.15, 0.2) is 180 Å². The zero-order valence-electron chi connectivity index (χ0n) is 45.6. The third kappa shape index (κ3) is 12.0. The van der Waals surface area contributed by atoms with Gasteiger partial charge in [-0.1, -0.05) is 143 Å². The van der Waals surface area contributed by atoms with Crippen molar-refractivity contribution in [3.63, 3.8) is 0 Å². The molecule has 7 aromatic rings. The molecule has 10 nitrogen and oxygen atoms in total. The molecule has 0 atom stereocenters. The third-order valence-corrected chi connectivity index (χ3v) is 15.7. The van der Waals surface area contributed by atoms with E-state index in [9.17, 15) is 0 Å². The molecule has 0 N–H and O–H groups in total. The fraction of sp³-hybridized carbons (Fsp3) is 0.290. The van der Waals surface area contributed by atoms with Crippen molar-refractivity contribution < 1.29 is 27.9 Å². The van der Waals surface area contributed by atoms with Gasteiger partial charge in [-0.15, -0.1) is 0 Å². The predicted octanol–water partition coefficient (Wildman–Crippen LogP) is 13.9. The van der Waals surface area contributed by atoms with E-state index < -0.39 is 21.1 Å². The van der Waals surface area contributed by atoms with Crippen LogP contribution in [0.3, 0.4) is 0 Å². The third-order valence-electron chi connectivity index (χ3n) is 15.2. The maximum Gasteiger partial charge on any atom is 0.494 e. The second kappa shape index (κ2) is 21.7. The van der Waals surface area contributed by atoms with Crippen LogP contribution in [0.4, 0.5) is 0 Å². The summed E-state index contributed by atoms with van der Waals surface area (Å²) in [4.78, 5) is 19.4. The Hall–Kier alpha value is -6.18. The van der Waals surface area contributed by atoms with E-state index in [0.717, 1.165) is 66.1 Å². The van der Waals surface area contributed by atoms with Crippen molar-refractivity contribution in [1.82, 2.24) is 19.9 Å². The van der Waals surface area contributed by atoms with E-state index >= 15 is 0 Å². The number of benzene rings is 5. The summed E-state index contributed by atoms with van der Waals surface area (Å²) in [6, 6.07) is 51.0. The zero-order valence-corrected chi connectivity index (χ0v) is 47.2. The van der Waals surface area contributed by atoms with Gasteiger partial charge in [-0.3, -0.25) is 0 Å². The molecule has 5 aromatic carbocycles. The van der Waals surface area contributed by atoms with Crippen molar-refractivity contribution in [2.45, 2.75) is 117 Å². The molecule has 14 heteroatoms. The van der Waals surface area contributed by atoms with Gasteiger partial charge >= 0.3 is 21.1 Å². The van der Waals surface area contributed by atoms with Crippen molar-refractivity contribution in [1.29, 1.82) is 0 Å². The molecule has 5 heterocycles. The highest BCUT2D eigenvalue weighted by Gasteiger charge is 2.63. The molecule has 0 spiro atoms. The first-order valence-corrected chi connectivity index (χ1v) is 26.6. The van der Waals surface area contributed by atoms with Crippen LogP contribution in [-0.2, 0) is 27.9 Å². The molecule has 0 amide bonds. The zero-order chi connectivity index (χ0) is 54.1. The Labute approximate surface area is 459 Å². The first-order valence-electron chi connectivity index (χ1n) is 25.8. The molecule has 3 fully saturated rings. The number of rotatable bonds is 8. The highest BCUT2D eigenvalue weighted by atomic mass is 79.9. The van der Waals surface area contributed by atoms with Gasteiger partial charge in [-0.2, -0.15) is 0 Å². The van der Waals surface area contributed by atoms with Gasteiger partial charge in [0, 0.05) is 32.8 Å². The summed E-state index contributed by atoms with van der Waals surface area (Å²) in [7, 11) is -1.37. The molecule has 0 bridgehead atoms. The van der Waals surface area contributed by atoms with Crippen molar-refractivity contribution in [3.05, 3.63) is 192 Å². The van der Waals surface area contributed by atoms with Crippen LogP contribution in [0.1, 0.15) is 88.9 Å². The largest absolute Gasteiger partial charge is 0.494 e. The molecular weight excluding hydrogens is 1010 g/mol. The number of halogens is 1. The number of hydrogen-bond donors (Lipinski definition) is 0. The van der Waals surface area contributed by atoms with E-state index in [4.69, 9.17) is 47.9 Å². The van der Waals surface area contributed by atoms with Gasteiger partial charge in [0.05, 0.1) is 68.5 Å². The standard InChI is InChI=1S/C28H27BN2O2.C22H14BrN2.C12H24B2O4/c1-27(2)28(3,4)33-29(32-27)23-17-11-16-22(18-23)25-19-24(20-12-7-5-8-13-20)30-26(31-25)21-14-9-6-10-15-21;23-19-13-7-12-18(14-19)21-15-20(16-8-3-1-4-9-16)24-22(25-21)17-10-5-2-6-11-17;1-9(2)10(3,4)16-13(15-9)14-17-11(5,6)12(7,8)18-14/h5-19H,1-4H3;1,3-15H;1-8H3/q;+1;. The van der Waals surface area contributed by atoms with Gasteiger partial charge in [-0.25, -0.2) is 19.9 Å².